The predicted octanol–water partition coefficient (Wildman–Crippen LogP) is 9.12. The fourth-order valence-corrected chi connectivity index (χ4v) is 5.94. The van der Waals surface area contributed by atoms with Gasteiger partial charge in [-0.05, 0) is 84.1 Å². The molecular weight excluding hydrogens is 681 g/mol. The van der Waals surface area contributed by atoms with Gasteiger partial charge in [0.1, 0.15) is 23.9 Å². The Hall–Kier alpha value is -4.82. The minimum atomic E-state index is 0. The number of hydrogen-bond acceptors (Lipinski definition) is 6. The number of rotatable bonds is 13. The summed E-state index contributed by atoms with van der Waals surface area (Å²) in [4.78, 5) is 21.7. The molecule has 5 aromatic rings. The first kappa shape index (κ1) is 37.4. The van der Waals surface area contributed by atoms with Crippen molar-refractivity contribution in [3.8, 4) is 23.1 Å². The average molecular weight is 725 g/mol. The summed E-state index contributed by atoms with van der Waals surface area (Å²) in [5.74, 6) is 2.74. The first-order valence-electron chi connectivity index (χ1n) is 17.0. The maximum absolute atomic E-state index is 13.0. The molecule has 0 N–H and O–H groups in total. The van der Waals surface area contributed by atoms with Crippen LogP contribution in [-0.2, 0) is 24.4 Å². The Morgan fingerprint density at radius 1 is 0.824 bits per heavy atom. The lowest BCUT2D eigenvalue weighted by Crippen LogP contribution is -2.47. The molecule has 1 saturated heterocycles. The molecule has 0 unspecified atom stereocenters. The van der Waals surface area contributed by atoms with Crippen LogP contribution in [0.5, 0.6) is 23.1 Å². The third kappa shape index (κ3) is 11.1. The highest BCUT2D eigenvalue weighted by Crippen LogP contribution is 2.27. The second-order valence-electron chi connectivity index (χ2n) is 12.5. The number of hydrogen-bond donors (Lipinski definition) is 0. The molecule has 4 aromatic carbocycles. The van der Waals surface area contributed by atoms with Gasteiger partial charge in [0, 0.05) is 61.9 Å². The van der Waals surface area contributed by atoms with Crippen LogP contribution in [0, 0.1) is 13.8 Å². The summed E-state index contributed by atoms with van der Waals surface area (Å²) in [5, 5.41) is 0.669. The highest BCUT2D eigenvalue weighted by Gasteiger charge is 2.19. The summed E-state index contributed by atoms with van der Waals surface area (Å²) in [6.45, 7) is 9.05. The summed E-state index contributed by atoms with van der Waals surface area (Å²) in [6.07, 6.45) is 6.03. The quantitative estimate of drug-likeness (QED) is 0.113. The molecule has 1 aromatic heterocycles. The number of carbonyl (C=O) groups excluding carboxylic acids is 1. The number of amides is 1. The molecule has 0 spiro atoms. The van der Waals surface area contributed by atoms with Crippen LogP contribution in [0.4, 0.5) is 0 Å². The van der Waals surface area contributed by atoms with Gasteiger partial charge in [0.2, 0.25) is 11.8 Å². The molecule has 2 heterocycles. The third-order valence-electron chi connectivity index (χ3n) is 8.66. The van der Waals surface area contributed by atoms with Crippen LogP contribution in [-0.4, -0.2) is 53.5 Å². The van der Waals surface area contributed by atoms with Gasteiger partial charge >= 0.3 is 0 Å². The maximum Gasteiger partial charge on any atom is 0.246 e. The first-order chi connectivity index (χ1) is 24.4. The molecule has 1 aliphatic heterocycles. The first-order valence-corrected chi connectivity index (χ1v) is 17.3. The second-order valence-corrected chi connectivity index (χ2v) is 12.9. The third-order valence-corrected chi connectivity index (χ3v) is 9.02. The maximum atomic E-state index is 13.0. The highest BCUT2D eigenvalue weighted by molar-refractivity contribution is 6.31. The molecule has 0 saturated carbocycles. The summed E-state index contributed by atoms with van der Waals surface area (Å²) < 4.78 is 17.7. The Balaban J connectivity index is 0.00000504. The molecule has 1 fully saturated rings. The number of halogens is 2. The van der Waals surface area contributed by atoms with Crippen molar-refractivity contribution in [3.05, 3.63) is 154 Å². The molecule has 0 radical (unpaired) electrons. The van der Waals surface area contributed by atoms with E-state index >= 15 is 0 Å². The number of pyridine rings is 1. The van der Waals surface area contributed by atoms with E-state index in [1.165, 1.54) is 16.7 Å². The molecule has 7 nitrogen and oxygen atoms in total. The zero-order valence-electron chi connectivity index (χ0n) is 29.0. The van der Waals surface area contributed by atoms with E-state index in [0.29, 0.717) is 48.7 Å². The zero-order chi connectivity index (χ0) is 34.7. The molecule has 51 heavy (non-hydrogen) atoms. The molecule has 1 aliphatic rings. The van der Waals surface area contributed by atoms with Gasteiger partial charge in [-0.15, -0.1) is 12.4 Å². The van der Waals surface area contributed by atoms with Crippen molar-refractivity contribution in [3.63, 3.8) is 0 Å². The number of nitrogens with zero attached hydrogens (tertiary/aromatic N) is 3. The Labute approximate surface area is 311 Å². The van der Waals surface area contributed by atoms with Gasteiger partial charge in [-0.25, -0.2) is 4.98 Å². The minimum Gasteiger partial charge on any atom is -0.493 e. The minimum absolute atomic E-state index is 0. The van der Waals surface area contributed by atoms with Crippen LogP contribution in [0.3, 0.4) is 0 Å². The van der Waals surface area contributed by atoms with Crippen molar-refractivity contribution in [2.24, 2.45) is 0 Å². The molecule has 6 rings (SSSR count). The van der Waals surface area contributed by atoms with Crippen molar-refractivity contribution in [1.82, 2.24) is 14.8 Å². The molecule has 0 atom stereocenters. The van der Waals surface area contributed by atoms with Crippen molar-refractivity contribution in [1.29, 1.82) is 0 Å². The summed E-state index contributed by atoms with van der Waals surface area (Å²) in [7, 11) is 0. The molecule has 264 valence electrons. The standard InChI is InChI=1S/C42H42ClN3O4.ClH/c1-31-6-5-8-37(26-31)48-25-20-33-10-12-35(13-11-33)29-45-21-23-46(24-22-45)42(47)19-15-34-14-17-40(32(2)27-34)50-41-18-16-38(28-44-41)49-30-36-7-3-4-9-39(36)43;/h3-19,26-28H,20-25,29-30H2,1-2H3;1H/b19-15+;. The van der Waals surface area contributed by atoms with Gasteiger partial charge in [0.15, 0.2) is 0 Å². The monoisotopic (exact) mass is 723 g/mol. The summed E-state index contributed by atoms with van der Waals surface area (Å²) in [6, 6.07) is 33.9. The Bertz CT molecular complexity index is 1910. The Morgan fingerprint density at radius 3 is 2.33 bits per heavy atom. The summed E-state index contributed by atoms with van der Waals surface area (Å²) >= 11 is 6.21. The van der Waals surface area contributed by atoms with E-state index in [0.717, 1.165) is 48.5 Å². The lowest BCUT2D eigenvalue weighted by molar-refractivity contribution is -0.127. The molecular formula is C42H43Cl2N3O4. The number of carbonyl (C=O) groups is 1. The highest BCUT2D eigenvalue weighted by atomic mass is 35.5. The van der Waals surface area contributed by atoms with Gasteiger partial charge in [-0.3, -0.25) is 9.69 Å². The van der Waals surface area contributed by atoms with Crippen LogP contribution >= 0.6 is 24.0 Å². The average Bonchev–Trinajstić information content (AvgIpc) is 3.13. The molecule has 1 amide bonds. The zero-order valence-corrected chi connectivity index (χ0v) is 30.5. The predicted molar refractivity (Wildman–Crippen MR) is 206 cm³/mol. The SMILES string of the molecule is Cc1cccc(OCCc2ccc(CN3CCN(C(=O)/C=C/c4ccc(Oc5ccc(OCc6ccccc6Cl)cn5)c(C)c4)CC3)cc2)c1.Cl. The van der Waals surface area contributed by atoms with Crippen LogP contribution < -0.4 is 14.2 Å². The van der Waals surface area contributed by atoms with Crippen LogP contribution in [0.1, 0.15) is 33.4 Å². The van der Waals surface area contributed by atoms with E-state index in [2.05, 4.69) is 53.2 Å². The summed E-state index contributed by atoms with van der Waals surface area (Å²) in [5.41, 5.74) is 6.53. The van der Waals surface area contributed by atoms with Crippen molar-refractivity contribution in [2.45, 2.75) is 33.4 Å². The van der Waals surface area contributed by atoms with Crippen LogP contribution in [0.25, 0.3) is 6.08 Å². The lowest BCUT2D eigenvalue weighted by Gasteiger charge is -2.34. The molecule has 0 aliphatic carbocycles. The van der Waals surface area contributed by atoms with Gasteiger partial charge in [0.05, 0.1) is 12.8 Å². The number of piperazine rings is 1. The second kappa shape index (κ2) is 18.4. The number of ether oxygens (including phenoxy) is 3. The van der Waals surface area contributed by atoms with Gasteiger partial charge in [0.25, 0.3) is 0 Å². The fraction of sp³-hybridized carbons (Fsp3) is 0.238. The lowest BCUT2D eigenvalue weighted by atomic mass is 10.1. The Morgan fingerprint density at radius 2 is 1.61 bits per heavy atom. The fourth-order valence-electron chi connectivity index (χ4n) is 5.75. The molecule has 9 heteroatoms. The number of aryl methyl sites for hydroxylation is 2. The molecule has 0 bridgehead atoms. The van der Waals surface area contributed by atoms with Gasteiger partial charge in [-0.2, -0.15) is 0 Å². The van der Waals surface area contributed by atoms with Crippen LogP contribution in [0.15, 0.2) is 115 Å². The van der Waals surface area contributed by atoms with E-state index in [1.54, 1.807) is 18.3 Å². The van der Waals surface area contributed by atoms with Crippen molar-refractivity contribution in [2.75, 3.05) is 32.8 Å². The van der Waals surface area contributed by atoms with E-state index in [1.807, 2.05) is 78.6 Å². The normalized spacial score (nSPS) is 13.1. The van der Waals surface area contributed by atoms with Gasteiger partial charge in [-0.1, -0.05) is 72.3 Å². The van der Waals surface area contributed by atoms with E-state index in [4.69, 9.17) is 25.8 Å². The van der Waals surface area contributed by atoms with Crippen molar-refractivity contribution >= 4 is 36.0 Å². The number of benzene rings is 4. The van der Waals surface area contributed by atoms with Gasteiger partial charge < -0.3 is 19.1 Å². The largest absolute Gasteiger partial charge is 0.493 e. The van der Waals surface area contributed by atoms with Crippen LogP contribution in [0.2, 0.25) is 5.02 Å². The van der Waals surface area contributed by atoms with E-state index < -0.39 is 0 Å². The topological polar surface area (TPSA) is 64.1 Å². The Kier molecular flexibility index (Phi) is 13.5. The smallest absolute Gasteiger partial charge is 0.246 e. The number of aromatic nitrogens is 1. The van der Waals surface area contributed by atoms with Crippen molar-refractivity contribution < 1.29 is 19.0 Å². The van der Waals surface area contributed by atoms with E-state index in [-0.39, 0.29) is 18.3 Å². The van der Waals surface area contributed by atoms with E-state index in [9.17, 15) is 4.79 Å².